The van der Waals surface area contributed by atoms with Crippen molar-refractivity contribution in [3.8, 4) is 0 Å². The second-order valence-electron chi connectivity index (χ2n) is 4.60. The van der Waals surface area contributed by atoms with E-state index in [9.17, 15) is 14.9 Å². The molecule has 0 bridgehead atoms. The summed E-state index contributed by atoms with van der Waals surface area (Å²) in [6, 6.07) is 4.11. The highest BCUT2D eigenvalue weighted by atomic mass is 16.6. The van der Waals surface area contributed by atoms with E-state index in [1.54, 1.807) is 0 Å². The molecule has 1 aromatic carbocycles. The van der Waals surface area contributed by atoms with Gasteiger partial charge in [0.2, 0.25) is 0 Å². The molecule has 1 N–H and O–H groups in total. The molecule has 0 aromatic heterocycles. The summed E-state index contributed by atoms with van der Waals surface area (Å²) in [6.07, 6.45) is 0.734. The van der Waals surface area contributed by atoms with E-state index in [4.69, 9.17) is 4.74 Å². The van der Waals surface area contributed by atoms with Crippen molar-refractivity contribution < 1.29 is 19.2 Å². The molecule has 7 heteroatoms. The molecule has 1 aromatic rings. The summed E-state index contributed by atoms with van der Waals surface area (Å²) in [5.74, 6) is -0.529. The number of hydrogen-bond acceptors (Lipinski definition) is 6. The maximum absolute atomic E-state index is 11.5. The second kappa shape index (κ2) is 5.87. The number of esters is 1. The minimum Gasteiger partial charge on any atom is -0.465 e. The van der Waals surface area contributed by atoms with Gasteiger partial charge in [-0.15, -0.1) is 0 Å². The van der Waals surface area contributed by atoms with Gasteiger partial charge in [0, 0.05) is 12.7 Å². The van der Waals surface area contributed by atoms with Crippen molar-refractivity contribution in [3.05, 3.63) is 33.9 Å². The van der Waals surface area contributed by atoms with Gasteiger partial charge in [0.15, 0.2) is 0 Å². The average Bonchev–Trinajstić information content (AvgIpc) is 2.83. The molecule has 108 valence electrons. The van der Waals surface area contributed by atoms with E-state index in [-0.39, 0.29) is 23.4 Å². The number of carbonyl (C=O) groups is 1. The van der Waals surface area contributed by atoms with Crippen LogP contribution in [0.4, 0.5) is 11.4 Å². The molecular weight excluding hydrogens is 264 g/mol. The smallest absolute Gasteiger partial charge is 0.337 e. The van der Waals surface area contributed by atoms with E-state index < -0.39 is 10.9 Å². The fraction of sp³-hybridized carbons (Fsp3) is 0.462. The second-order valence-corrected chi connectivity index (χ2v) is 4.60. The highest BCUT2D eigenvalue weighted by molar-refractivity contribution is 5.91. The van der Waals surface area contributed by atoms with E-state index in [2.05, 4.69) is 10.1 Å². The van der Waals surface area contributed by atoms with Crippen LogP contribution in [0.5, 0.6) is 0 Å². The summed E-state index contributed by atoms with van der Waals surface area (Å²) in [5.41, 5.74) is 0.504. The van der Waals surface area contributed by atoms with Crippen LogP contribution in [0.2, 0.25) is 0 Å². The predicted octanol–water partition coefficient (Wildman–Crippen LogP) is 1.97. The highest BCUT2D eigenvalue weighted by Crippen LogP contribution is 2.29. The van der Waals surface area contributed by atoms with E-state index >= 15 is 0 Å². The molecule has 20 heavy (non-hydrogen) atoms. The van der Waals surface area contributed by atoms with Crippen LogP contribution in [0.25, 0.3) is 0 Å². The van der Waals surface area contributed by atoms with E-state index in [1.165, 1.54) is 25.3 Å². The lowest BCUT2D eigenvalue weighted by Gasteiger charge is -2.17. The van der Waals surface area contributed by atoms with Crippen molar-refractivity contribution in [2.24, 2.45) is 0 Å². The molecule has 0 saturated carbocycles. The van der Waals surface area contributed by atoms with E-state index in [1.807, 2.05) is 6.92 Å². The summed E-state index contributed by atoms with van der Waals surface area (Å²) >= 11 is 0. The number of ether oxygens (including phenoxy) is 2. The first kappa shape index (κ1) is 14.3. The Morgan fingerprint density at radius 2 is 2.30 bits per heavy atom. The zero-order chi connectivity index (χ0) is 14.7. The number of methoxy groups -OCH3 is 1. The first-order valence-corrected chi connectivity index (χ1v) is 6.28. The molecular formula is C13H16N2O5. The Hall–Kier alpha value is -2.15. The lowest BCUT2D eigenvalue weighted by molar-refractivity contribution is -0.384. The zero-order valence-electron chi connectivity index (χ0n) is 11.3. The molecule has 0 radical (unpaired) electrons. The minimum absolute atomic E-state index is 0.0124. The zero-order valence-corrected chi connectivity index (χ0v) is 11.3. The fourth-order valence-corrected chi connectivity index (χ4v) is 2.18. The van der Waals surface area contributed by atoms with Gasteiger partial charge in [0.05, 0.1) is 29.7 Å². The third kappa shape index (κ3) is 2.88. The van der Waals surface area contributed by atoms with Gasteiger partial charge in [0.25, 0.3) is 5.69 Å². The molecule has 0 amide bonds. The van der Waals surface area contributed by atoms with Crippen LogP contribution in [-0.2, 0) is 9.47 Å². The normalized spacial score (nSPS) is 21.5. The molecule has 1 aliphatic rings. The van der Waals surface area contributed by atoms with Crippen LogP contribution < -0.4 is 5.32 Å². The molecule has 1 saturated heterocycles. The maximum atomic E-state index is 11.5. The number of nitro groups is 1. The average molecular weight is 280 g/mol. The summed E-state index contributed by atoms with van der Waals surface area (Å²) in [4.78, 5) is 22.1. The largest absolute Gasteiger partial charge is 0.465 e. The summed E-state index contributed by atoms with van der Waals surface area (Å²) in [7, 11) is 1.27. The van der Waals surface area contributed by atoms with Gasteiger partial charge >= 0.3 is 5.97 Å². The van der Waals surface area contributed by atoms with Crippen LogP contribution in [0.1, 0.15) is 23.7 Å². The quantitative estimate of drug-likeness (QED) is 0.515. The molecule has 2 unspecified atom stereocenters. The Morgan fingerprint density at radius 1 is 1.55 bits per heavy atom. The molecule has 0 aliphatic carbocycles. The van der Waals surface area contributed by atoms with Gasteiger partial charge in [-0.05, 0) is 25.5 Å². The Balaban J connectivity index is 2.31. The first-order chi connectivity index (χ1) is 9.52. The topological polar surface area (TPSA) is 90.7 Å². The fourth-order valence-electron chi connectivity index (χ4n) is 2.18. The van der Waals surface area contributed by atoms with Crippen LogP contribution in [0.15, 0.2) is 18.2 Å². The summed E-state index contributed by atoms with van der Waals surface area (Å²) in [6.45, 7) is 2.52. The van der Waals surface area contributed by atoms with Crippen molar-refractivity contribution in [2.45, 2.75) is 25.5 Å². The lowest BCUT2D eigenvalue weighted by Crippen LogP contribution is -2.27. The van der Waals surface area contributed by atoms with Crippen LogP contribution >= 0.6 is 0 Å². The van der Waals surface area contributed by atoms with Gasteiger partial charge in [-0.3, -0.25) is 10.1 Å². The molecule has 1 fully saturated rings. The van der Waals surface area contributed by atoms with Gasteiger partial charge in [0.1, 0.15) is 5.69 Å². The van der Waals surface area contributed by atoms with Crippen molar-refractivity contribution >= 4 is 17.3 Å². The molecule has 2 atom stereocenters. The van der Waals surface area contributed by atoms with Crippen LogP contribution in [0.3, 0.4) is 0 Å². The SMILES string of the molecule is COC(=O)c1ccc([N+](=O)[O-])c(NC2CCOC2C)c1. The predicted molar refractivity (Wildman–Crippen MR) is 71.9 cm³/mol. The Kier molecular flexibility index (Phi) is 4.19. The maximum Gasteiger partial charge on any atom is 0.337 e. The number of hydrogen-bond donors (Lipinski definition) is 1. The number of nitro benzene ring substituents is 1. The summed E-state index contributed by atoms with van der Waals surface area (Å²) < 4.78 is 10.0. The third-order valence-electron chi connectivity index (χ3n) is 3.33. The van der Waals surface area contributed by atoms with Crippen molar-refractivity contribution in [3.63, 3.8) is 0 Å². The number of anilines is 1. The summed E-state index contributed by atoms with van der Waals surface area (Å²) in [5, 5.41) is 14.1. The third-order valence-corrected chi connectivity index (χ3v) is 3.33. The Morgan fingerprint density at radius 3 is 2.85 bits per heavy atom. The van der Waals surface area contributed by atoms with Crippen LogP contribution in [0, 0.1) is 10.1 Å². The first-order valence-electron chi connectivity index (χ1n) is 6.28. The Bertz CT molecular complexity index is 531. The molecule has 1 heterocycles. The van der Waals surface area contributed by atoms with Gasteiger partial charge in [-0.2, -0.15) is 0 Å². The lowest BCUT2D eigenvalue weighted by atomic mass is 10.1. The number of nitrogens with one attached hydrogen (secondary N) is 1. The standard InChI is InChI=1S/C13H16N2O5/c1-8-10(5-6-20-8)14-11-7-9(13(16)19-2)3-4-12(11)15(17)18/h3-4,7-8,10,14H,5-6H2,1-2H3. The number of carbonyl (C=O) groups excluding carboxylic acids is 1. The van der Waals surface area contributed by atoms with Crippen LogP contribution in [-0.4, -0.2) is 36.8 Å². The molecule has 7 nitrogen and oxygen atoms in total. The Labute approximate surface area is 116 Å². The monoisotopic (exact) mass is 280 g/mol. The van der Waals surface area contributed by atoms with Crippen molar-refractivity contribution in [1.29, 1.82) is 0 Å². The number of rotatable bonds is 4. The number of nitrogens with zero attached hydrogens (tertiary/aromatic N) is 1. The van der Waals surface area contributed by atoms with Gasteiger partial charge < -0.3 is 14.8 Å². The van der Waals surface area contributed by atoms with E-state index in [0.717, 1.165) is 6.42 Å². The molecule has 1 aliphatic heterocycles. The minimum atomic E-state index is -0.529. The van der Waals surface area contributed by atoms with Crippen molar-refractivity contribution in [1.82, 2.24) is 0 Å². The highest BCUT2D eigenvalue weighted by Gasteiger charge is 2.27. The molecule has 2 rings (SSSR count). The van der Waals surface area contributed by atoms with Crippen molar-refractivity contribution in [2.75, 3.05) is 19.0 Å². The van der Waals surface area contributed by atoms with Gasteiger partial charge in [-0.1, -0.05) is 0 Å². The van der Waals surface area contributed by atoms with E-state index in [0.29, 0.717) is 12.3 Å². The van der Waals surface area contributed by atoms with Gasteiger partial charge in [-0.25, -0.2) is 4.79 Å². The number of benzene rings is 1. The molecule has 0 spiro atoms.